The number of nitrogens with two attached hydrogens (primary N) is 1. The Bertz CT molecular complexity index is 888. The molecule has 0 aromatic heterocycles. The van der Waals surface area contributed by atoms with Crippen LogP contribution in [0, 0.1) is 17.5 Å². The lowest BCUT2D eigenvalue weighted by molar-refractivity contribution is 0.285. The third-order valence-corrected chi connectivity index (χ3v) is 4.78. The number of anilines is 1. The van der Waals surface area contributed by atoms with E-state index >= 15 is 0 Å². The standard InChI is InChI=1S/C20H22F3N5S/c21-16-4-2-14(3-5-16)13-27-6-1-7-28(9-8-27)19-11-17(22)15(10-18(19)23)12-25-26-20(24)29/h2-5,10-12H,1,6-9,13H2,(H3,24,26,29)/b25-12+. The number of nitrogens with zero attached hydrogens (tertiary/aromatic N) is 3. The van der Waals surface area contributed by atoms with Gasteiger partial charge in [-0.15, -0.1) is 0 Å². The highest BCUT2D eigenvalue weighted by molar-refractivity contribution is 7.80. The van der Waals surface area contributed by atoms with Crippen LogP contribution in [0.2, 0.25) is 0 Å². The molecule has 154 valence electrons. The molecule has 9 heteroatoms. The van der Waals surface area contributed by atoms with E-state index in [9.17, 15) is 13.2 Å². The van der Waals surface area contributed by atoms with Crippen molar-refractivity contribution >= 4 is 29.2 Å². The smallest absolute Gasteiger partial charge is 0.184 e. The summed E-state index contributed by atoms with van der Waals surface area (Å²) in [6.07, 6.45) is 1.94. The number of thiocarbonyl (C=S) groups is 1. The topological polar surface area (TPSA) is 56.9 Å². The van der Waals surface area contributed by atoms with Gasteiger partial charge in [-0.05, 0) is 42.4 Å². The SMILES string of the molecule is NC(=S)N/N=C/c1cc(F)c(N2CCCN(Cc3ccc(F)cc3)CC2)cc1F. The van der Waals surface area contributed by atoms with Crippen LogP contribution in [0.5, 0.6) is 0 Å². The Morgan fingerprint density at radius 2 is 1.83 bits per heavy atom. The summed E-state index contributed by atoms with van der Waals surface area (Å²) >= 11 is 4.60. The molecule has 0 bridgehead atoms. The fourth-order valence-corrected chi connectivity index (χ4v) is 3.33. The Labute approximate surface area is 173 Å². The third-order valence-electron chi connectivity index (χ3n) is 4.69. The number of halogens is 3. The zero-order valence-electron chi connectivity index (χ0n) is 15.7. The number of rotatable bonds is 5. The van der Waals surface area contributed by atoms with Crippen molar-refractivity contribution in [2.75, 3.05) is 31.1 Å². The van der Waals surface area contributed by atoms with Gasteiger partial charge < -0.3 is 10.6 Å². The molecular formula is C20H22F3N5S. The predicted molar refractivity (Wildman–Crippen MR) is 112 cm³/mol. The van der Waals surface area contributed by atoms with Gasteiger partial charge in [-0.2, -0.15) is 5.10 Å². The first-order valence-corrected chi connectivity index (χ1v) is 9.62. The molecule has 0 amide bonds. The van der Waals surface area contributed by atoms with Crippen LogP contribution in [0.15, 0.2) is 41.5 Å². The van der Waals surface area contributed by atoms with Gasteiger partial charge in [0.25, 0.3) is 0 Å². The average molecular weight is 421 g/mol. The molecule has 1 saturated heterocycles. The molecule has 1 aliphatic heterocycles. The fourth-order valence-electron chi connectivity index (χ4n) is 3.28. The highest BCUT2D eigenvalue weighted by Crippen LogP contribution is 2.24. The van der Waals surface area contributed by atoms with Gasteiger partial charge in [0.2, 0.25) is 0 Å². The molecule has 1 heterocycles. The van der Waals surface area contributed by atoms with Crippen LogP contribution in [-0.2, 0) is 6.54 Å². The molecule has 3 N–H and O–H groups in total. The van der Waals surface area contributed by atoms with Gasteiger partial charge in [0.1, 0.15) is 17.5 Å². The lowest BCUT2D eigenvalue weighted by Crippen LogP contribution is -2.31. The van der Waals surface area contributed by atoms with Gasteiger partial charge >= 0.3 is 0 Å². The van der Waals surface area contributed by atoms with Gasteiger partial charge in [0.05, 0.1) is 11.9 Å². The molecule has 2 aromatic carbocycles. The zero-order valence-corrected chi connectivity index (χ0v) is 16.6. The van der Waals surface area contributed by atoms with E-state index in [0.717, 1.165) is 30.8 Å². The molecule has 1 aliphatic rings. The summed E-state index contributed by atoms with van der Waals surface area (Å²) in [5, 5.41) is 3.60. The summed E-state index contributed by atoms with van der Waals surface area (Å²) in [6, 6.07) is 8.71. The second kappa shape index (κ2) is 9.71. The van der Waals surface area contributed by atoms with Crippen LogP contribution in [0.3, 0.4) is 0 Å². The Morgan fingerprint density at radius 3 is 2.55 bits per heavy atom. The molecule has 0 radical (unpaired) electrons. The minimum absolute atomic E-state index is 0.00255. The molecule has 0 aliphatic carbocycles. The molecular weight excluding hydrogens is 399 g/mol. The van der Waals surface area contributed by atoms with Gasteiger partial charge in [-0.3, -0.25) is 10.3 Å². The fraction of sp³-hybridized carbons (Fsp3) is 0.300. The van der Waals surface area contributed by atoms with Crippen LogP contribution in [0.25, 0.3) is 0 Å². The number of hydrogen-bond donors (Lipinski definition) is 2. The Balaban J connectivity index is 1.66. The summed E-state index contributed by atoms with van der Waals surface area (Å²) in [5.74, 6) is -1.36. The molecule has 29 heavy (non-hydrogen) atoms. The second-order valence-corrected chi connectivity index (χ2v) is 7.24. The third kappa shape index (κ3) is 5.91. The van der Waals surface area contributed by atoms with Gasteiger partial charge in [-0.1, -0.05) is 12.1 Å². The van der Waals surface area contributed by atoms with Gasteiger partial charge in [-0.25, -0.2) is 13.2 Å². The normalized spacial score (nSPS) is 15.5. The zero-order chi connectivity index (χ0) is 20.8. The first kappa shape index (κ1) is 21.1. The van der Waals surface area contributed by atoms with E-state index in [-0.39, 0.29) is 22.2 Å². The number of nitrogens with one attached hydrogen (secondary N) is 1. The van der Waals surface area contributed by atoms with Crippen LogP contribution in [-0.4, -0.2) is 42.4 Å². The maximum Gasteiger partial charge on any atom is 0.184 e. The van der Waals surface area contributed by atoms with Gasteiger partial charge in [0.15, 0.2) is 5.11 Å². The first-order chi connectivity index (χ1) is 13.9. The monoisotopic (exact) mass is 421 g/mol. The van der Waals surface area contributed by atoms with Crippen molar-refractivity contribution in [3.8, 4) is 0 Å². The lowest BCUT2D eigenvalue weighted by Gasteiger charge is -2.24. The molecule has 0 unspecified atom stereocenters. The highest BCUT2D eigenvalue weighted by atomic mass is 32.1. The van der Waals surface area contributed by atoms with E-state index in [1.165, 1.54) is 18.2 Å². The maximum atomic E-state index is 14.6. The van der Waals surface area contributed by atoms with Crippen LogP contribution in [0.4, 0.5) is 18.9 Å². The highest BCUT2D eigenvalue weighted by Gasteiger charge is 2.19. The van der Waals surface area contributed by atoms with Crippen molar-refractivity contribution in [1.82, 2.24) is 10.3 Å². The minimum Gasteiger partial charge on any atom is -0.375 e. The predicted octanol–water partition coefficient (Wildman–Crippen LogP) is 2.98. The first-order valence-electron chi connectivity index (χ1n) is 9.21. The molecule has 1 fully saturated rings. The molecule has 0 atom stereocenters. The van der Waals surface area contributed by atoms with E-state index in [2.05, 4.69) is 27.6 Å². The number of hydrogen-bond acceptors (Lipinski definition) is 4. The lowest BCUT2D eigenvalue weighted by atomic mass is 10.1. The summed E-state index contributed by atoms with van der Waals surface area (Å²) in [5.41, 5.74) is 8.80. The van der Waals surface area contributed by atoms with E-state index in [0.29, 0.717) is 26.2 Å². The Kier molecular flexibility index (Phi) is 7.05. The quantitative estimate of drug-likeness (QED) is 0.442. The van der Waals surface area contributed by atoms with E-state index in [1.54, 1.807) is 12.1 Å². The summed E-state index contributed by atoms with van der Waals surface area (Å²) < 4.78 is 42.1. The largest absolute Gasteiger partial charge is 0.375 e. The van der Waals surface area contributed by atoms with Gasteiger partial charge in [0, 0.05) is 44.4 Å². The summed E-state index contributed by atoms with van der Waals surface area (Å²) in [4.78, 5) is 4.07. The molecule has 2 aromatic rings. The Hall–Kier alpha value is -2.65. The van der Waals surface area contributed by atoms with Crippen molar-refractivity contribution in [2.24, 2.45) is 10.8 Å². The molecule has 5 nitrogen and oxygen atoms in total. The molecule has 0 saturated carbocycles. The van der Waals surface area contributed by atoms with Crippen LogP contribution >= 0.6 is 12.2 Å². The van der Waals surface area contributed by atoms with Crippen molar-refractivity contribution < 1.29 is 13.2 Å². The maximum absolute atomic E-state index is 14.6. The van der Waals surface area contributed by atoms with E-state index in [4.69, 9.17) is 5.73 Å². The second-order valence-electron chi connectivity index (χ2n) is 6.80. The summed E-state index contributed by atoms with van der Waals surface area (Å²) in [6.45, 7) is 3.39. The van der Waals surface area contributed by atoms with E-state index < -0.39 is 11.6 Å². The van der Waals surface area contributed by atoms with Crippen molar-refractivity contribution in [3.05, 3.63) is 65.0 Å². The number of hydrazone groups is 1. The van der Waals surface area contributed by atoms with Crippen LogP contribution < -0.4 is 16.1 Å². The Morgan fingerprint density at radius 1 is 1.07 bits per heavy atom. The molecule has 0 spiro atoms. The van der Waals surface area contributed by atoms with Crippen LogP contribution in [0.1, 0.15) is 17.5 Å². The van der Waals surface area contributed by atoms with Crippen molar-refractivity contribution in [2.45, 2.75) is 13.0 Å². The molecule has 3 rings (SSSR count). The number of benzene rings is 2. The van der Waals surface area contributed by atoms with Crippen molar-refractivity contribution in [1.29, 1.82) is 0 Å². The van der Waals surface area contributed by atoms with E-state index in [1.807, 2.05) is 4.90 Å². The minimum atomic E-state index is -0.581. The van der Waals surface area contributed by atoms with Crippen molar-refractivity contribution in [3.63, 3.8) is 0 Å². The summed E-state index contributed by atoms with van der Waals surface area (Å²) in [7, 11) is 0. The average Bonchev–Trinajstić information content (AvgIpc) is 2.91.